The third kappa shape index (κ3) is 4.02. The van der Waals surface area contributed by atoms with Gasteiger partial charge in [-0.15, -0.1) is 0 Å². The number of amides is 2. The Kier molecular flexibility index (Phi) is 5.45. The molecule has 33 heavy (non-hydrogen) atoms. The summed E-state index contributed by atoms with van der Waals surface area (Å²) in [4.78, 5) is 46.7. The molecule has 2 saturated heterocycles. The predicted octanol–water partition coefficient (Wildman–Crippen LogP) is 1.66. The number of aromatic nitrogens is 3. The zero-order valence-electron chi connectivity index (χ0n) is 18.3. The predicted molar refractivity (Wildman–Crippen MR) is 118 cm³/mol. The molecule has 0 saturated carbocycles. The van der Waals surface area contributed by atoms with Crippen molar-refractivity contribution in [1.82, 2.24) is 25.3 Å². The second-order valence-corrected chi connectivity index (χ2v) is 8.92. The minimum absolute atomic E-state index is 0.0348. The maximum absolute atomic E-state index is 13.6. The summed E-state index contributed by atoms with van der Waals surface area (Å²) >= 11 is 0. The molecule has 10 heteroatoms. The van der Waals surface area contributed by atoms with E-state index in [4.69, 9.17) is 9.26 Å². The number of pyridine rings is 2. The van der Waals surface area contributed by atoms with Crippen LogP contribution in [0.5, 0.6) is 0 Å². The molecule has 1 spiro atoms. The summed E-state index contributed by atoms with van der Waals surface area (Å²) < 4.78 is 10.6. The Labute approximate surface area is 189 Å². The number of hydrogen-bond acceptors (Lipinski definition) is 7. The number of carbonyl (C=O) groups is 2. The molecule has 0 aliphatic carbocycles. The number of hydrogen-bond donors (Lipinski definition) is 2. The summed E-state index contributed by atoms with van der Waals surface area (Å²) in [6.45, 7) is 3.97. The zero-order valence-corrected chi connectivity index (χ0v) is 18.3. The van der Waals surface area contributed by atoms with Gasteiger partial charge in [0.15, 0.2) is 0 Å². The molecule has 2 N–H and O–H groups in total. The van der Waals surface area contributed by atoms with E-state index in [1.54, 1.807) is 19.1 Å². The first kappa shape index (κ1) is 21.3. The van der Waals surface area contributed by atoms with Crippen molar-refractivity contribution >= 4 is 22.7 Å². The third-order valence-electron chi connectivity index (χ3n) is 6.74. The molecule has 5 heterocycles. The summed E-state index contributed by atoms with van der Waals surface area (Å²) in [5.74, 6) is -0.337. The van der Waals surface area contributed by atoms with Gasteiger partial charge in [-0.25, -0.2) is 4.98 Å². The Morgan fingerprint density at radius 1 is 1.30 bits per heavy atom. The molecule has 0 aromatic carbocycles. The van der Waals surface area contributed by atoms with E-state index in [1.165, 1.54) is 18.6 Å². The number of H-pyrrole nitrogens is 1. The van der Waals surface area contributed by atoms with Crippen molar-refractivity contribution in [1.29, 1.82) is 0 Å². The van der Waals surface area contributed by atoms with Gasteiger partial charge in [0.25, 0.3) is 17.4 Å². The first-order chi connectivity index (χ1) is 16.0. The highest BCUT2D eigenvalue weighted by atomic mass is 16.5. The van der Waals surface area contributed by atoms with Crippen LogP contribution in [0.1, 0.15) is 45.7 Å². The van der Waals surface area contributed by atoms with E-state index in [2.05, 4.69) is 20.4 Å². The molecule has 10 nitrogen and oxygen atoms in total. The van der Waals surface area contributed by atoms with E-state index in [0.717, 1.165) is 19.3 Å². The number of aromatic amines is 1. The Morgan fingerprint density at radius 2 is 2.12 bits per heavy atom. The van der Waals surface area contributed by atoms with Crippen molar-refractivity contribution in [3.63, 3.8) is 0 Å². The molecule has 3 aromatic rings. The number of ether oxygens (including phenoxy) is 1. The fourth-order valence-corrected chi connectivity index (χ4v) is 4.91. The molecule has 172 valence electrons. The summed E-state index contributed by atoms with van der Waals surface area (Å²) in [6, 6.07) is 3.24. The van der Waals surface area contributed by atoms with Gasteiger partial charge in [-0.05, 0) is 43.7 Å². The molecule has 2 fully saturated rings. The minimum atomic E-state index is -0.350. The maximum Gasteiger partial charge on any atom is 0.290 e. The first-order valence-corrected chi connectivity index (χ1v) is 11.0. The van der Waals surface area contributed by atoms with Crippen LogP contribution in [0.2, 0.25) is 0 Å². The first-order valence-electron chi connectivity index (χ1n) is 11.0. The summed E-state index contributed by atoms with van der Waals surface area (Å²) in [5.41, 5.74) is 1.04. The lowest BCUT2D eigenvalue weighted by molar-refractivity contribution is 0.0190. The second-order valence-electron chi connectivity index (χ2n) is 8.92. The number of nitrogens with one attached hydrogen (secondary N) is 2. The highest BCUT2D eigenvalue weighted by molar-refractivity contribution is 5.97. The standard InChI is InChI=1S/C23H25N5O5/c1-14-10-27-33-19(14)21(30)26-12-17-9-23(3-6-32-7-4-23)13-28(17)22(31)16-8-15-2-5-24-20(29)18(15)25-11-16/h2,5,8,10-11,17H,3-4,6-7,9,12-13H2,1H3,(H,24,29)(H,26,30). The molecule has 2 aliphatic heterocycles. The van der Waals surface area contributed by atoms with Gasteiger partial charge in [0.2, 0.25) is 5.76 Å². The number of fused-ring (bicyclic) bond motifs is 1. The SMILES string of the molecule is Cc1cnoc1C(=O)NCC1CC2(CCOCC2)CN1C(=O)c1cnc2c(=O)[nH]ccc2c1. The van der Waals surface area contributed by atoms with Crippen molar-refractivity contribution in [2.45, 2.75) is 32.2 Å². The summed E-state index contributed by atoms with van der Waals surface area (Å²) in [7, 11) is 0. The van der Waals surface area contributed by atoms with Crippen molar-refractivity contribution in [2.24, 2.45) is 5.41 Å². The lowest BCUT2D eigenvalue weighted by Gasteiger charge is -2.33. The van der Waals surface area contributed by atoms with Crippen LogP contribution < -0.4 is 10.9 Å². The molecule has 1 unspecified atom stereocenters. The van der Waals surface area contributed by atoms with E-state index in [0.29, 0.717) is 48.3 Å². The van der Waals surface area contributed by atoms with Crippen molar-refractivity contribution < 1.29 is 18.8 Å². The van der Waals surface area contributed by atoms with Gasteiger partial charge in [-0.3, -0.25) is 14.4 Å². The molecule has 2 aliphatic rings. The molecule has 1 atom stereocenters. The normalized spacial score (nSPS) is 19.8. The minimum Gasteiger partial charge on any atom is -0.381 e. The van der Waals surface area contributed by atoms with Gasteiger partial charge in [-0.1, -0.05) is 5.16 Å². The highest BCUT2D eigenvalue weighted by Gasteiger charge is 2.46. The molecular weight excluding hydrogens is 426 g/mol. The van der Waals surface area contributed by atoms with Crippen molar-refractivity contribution in [3.05, 3.63) is 58.0 Å². The second kappa shape index (κ2) is 8.43. The van der Waals surface area contributed by atoms with E-state index in [9.17, 15) is 14.4 Å². The van der Waals surface area contributed by atoms with Gasteiger partial charge in [0.05, 0.1) is 11.8 Å². The van der Waals surface area contributed by atoms with Gasteiger partial charge in [0.1, 0.15) is 5.52 Å². The number of nitrogens with zero attached hydrogens (tertiary/aromatic N) is 3. The van der Waals surface area contributed by atoms with Gasteiger partial charge in [-0.2, -0.15) is 0 Å². The van der Waals surface area contributed by atoms with E-state index in [1.807, 2.05) is 4.90 Å². The van der Waals surface area contributed by atoms with Crippen LogP contribution in [0.4, 0.5) is 0 Å². The Morgan fingerprint density at radius 3 is 2.88 bits per heavy atom. The number of aryl methyl sites for hydroxylation is 1. The van der Waals surface area contributed by atoms with Gasteiger partial charge >= 0.3 is 0 Å². The van der Waals surface area contributed by atoms with Gasteiger partial charge < -0.3 is 24.5 Å². The molecule has 0 radical (unpaired) electrons. The maximum atomic E-state index is 13.6. The quantitative estimate of drug-likeness (QED) is 0.617. The van der Waals surface area contributed by atoms with Crippen LogP contribution in [0.3, 0.4) is 0 Å². The molecule has 2 amide bonds. The van der Waals surface area contributed by atoms with Crippen LogP contribution in [0, 0.1) is 12.3 Å². The fraction of sp³-hybridized carbons (Fsp3) is 0.435. The molecule has 3 aromatic heterocycles. The van der Waals surface area contributed by atoms with Crippen LogP contribution in [-0.2, 0) is 4.74 Å². The Balaban J connectivity index is 1.40. The summed E-state index contributed by atoms with van der Waals surface area (Å²) in [5, 5.41) is 7.17. The van der Waals surface area contributed by atoms with E-state index in [-0.39, 0.29) is 34.6 Å². The monoisotopic (exact) mass is 451 g/mol. The zero-order chi connectivity index (χ0) is 23.0. The Hall–Kier alpha value is -3.53. The fourth-order valence-electron chi connectivity index (χ4n) is 4.91. The van der Waals surface area contributed by atoms with Crippen LogP contribution in [-0.4, -0.2) is 64.2 Å². The van der Waals surface area contributed by atoms with Crippen molar-refractivity contribution in [3.8, 4) is 0 Å². The smallest absolute Gasteiger partial charge is 0.290 e. The lowest BCUT2D eigenvalue weighted by atomic mass is 9.78. The van der Waals surface area contributed by atoms with Crippen LogP contribution >= 0.6 is 0 Å². The molecule has 0 bridgehead atoms. The average molecular weight is 451 g/mol. The average Bonchev–Trinajstić information content (AvgIpc) is 3.41. The van der Waals surface area contributed by atoms with Crippen molar-refractivity contribution in [2.75, 3.05) is 26.3 Å². The molecular formula is C23H25N5O5. The largest absolute Gasteiger partial charge is 0.381 e. The molecule has 5 rings (SSSR count). The van der Waals surface area contributed by atoms with Crippen LogP contribution in [0.25, 0.3) is 10.9 Å². The lowest BCUT2D eigenvalue weighted by Crippen LogP contribution is -2.43. The number of carbonyl (C=O) groups excluding carboxylic acids is 2. The summed E-state index contributed by atoms with van der Waals surface area (Å²) in [6.07, 6.45) is 6.99. The number of likely N-dealkylation sites (tertiary alicyclic amines) is 1. The Bertz CT molecular complexity index is 1260. The van der Waals surface area contributed by atoms with E-state index >= 15 is 0 Å². The third-order valence-corrected chi connectivity index (χ3v) is 6.74. The van der Waals surface area contributed by atoms with Crippen LogP contribution in [0.15, 0.2) is 40.0 Å². The topological polar surface area (TPSA) is 130 Å². The van der Waals surface area contributed by atoms with E-state index < -0.39 is 0 Å². The highest BCUT2D eigenvalue weighted by Crippen LogP contribution is 2.43. The number of rotatable bonds is 4. The van der Waals surface area contributed by atoms with Gasteiger partial charge in [0, 0.05) is 55.7 Å².